The number of hydrazine groups is 3. The fourth-order valence-electron chi connectivity index (χ4n) is 1.12. The molecule has 9 nitrogen and oxygen atoms in total. The fourth-order valence-corrected chi connectivity index (χ4v) is 1.12. The second-order valence-corrected chi connectivity index (χ2v) is 3.62. The minimum Gasteiger partial charge on any atom is -0.395 e. The summed E-state index contributed by atoms with van der Waals surface area (Å²) in [6, 6.07) is 0. The van der Waals surface area contributed by atoms with E-state index in [-0.39, 0.29) is 13.2 Å². The molecule has 0 fully saturated rings. The van der Waals surface area contributed by atoms with E-state index < -0.39 is 0 Å². The van der Waals surface area contributed by atoms with Crippen molar-refractivity contribution in [2.75, 3.05) is 65.7 Å². The van der Waals surface area contributed by atoms with Gasteiger partial charge >= 0.3 is 0 Å². The number of hydrogen-bond acceptors (Lipinski definition) is 9. The van der Waals surface area contributed by atoms with E-state index in [0.29, 0.717) is 32.8 Å². The van der Waals surface area contributed by atoms with E-state index in [9.17, 15) is 0 Å². The van der Waals surface area contributed by atoms with Gasteiger partial charge in [0.15, 0.2) is 0 Å². The van der Waals surface area contributed by atoms with E-state index >= 15 is 0 Å². The maximum atomic E-state index is 8.51. The van der Waals surface area contributed by atoms with Crippen molar-refractivity contribution in [3.8, 4) is 0 Å². The van der Waals surface area contributed by atoms with Crippen molar-refractivity contribution in [2.24, 2.45) is 0 Å². The number of aliphatic hydroxyl groups is 2. The van der Waals surface area contributed by atoms with Crippen LogP contribution in [-0.4, -0.2) is 75.9 Å². The molecule has 0 aromatic rings. The average molecular weight is 280 g/mol. The minimum absolute atomic E-state index is 0.119. The number of rotatable bonds is 16. The van der Waals surface area contributed by atoms with Crippen molar-refractivity contribution in [1.82, 2.24) is 32.6 Å². The highest BCUT2D eigenvalue weighted by Crippen LogP contribution is 1.70. The highest BCUT2D eigenvalue weighted by Gasteiger charge is 1.90. The van der Waals surface area contributed by atoms with Crippen molar-refractivity contribution in [3.05, 3.63) is 0 Å². The standard InChI is InChI=1S/C10H28N6O3/c17-7-3-13-11-1-2-12-15-5-9-19-10-6-16-14-4-8-18/h11-18H,1-10H2. The molecule has 0 radical (unpaired) electrons. The normalized spacial score (nSPS) is 11.1. The van der Waals surface area contributed by atoms with Crippen LogP contribution < -0.4 is 32.6 Å². The third-order valence-electron chi connectivity index (χ3n) is 1.97. The number of nitrogens with one attached hydrogen (secondary N) is 6. The average Bonchev–Trinajstić information content (AvgIpc) is 2.43. The zero-order valence-electron chi connectivity index (χ0n) is 11.4. The summed E-state index contributed by atoms with van der Waals surface area (Å²) < 4.78 is 5.35. The highest BCUT2D eigenvalue weighted by molar-refractivity contribution is 4.46. The molecule has 9 heteroatoms. The monoisotopic (exact) mass is 280 g/mol. The molecule has 116 valence electrons. The van der Waals surface area contributed by atoms with Crippen LogP contribution >= 0.6 is 0 Å². The second kappa shape index (κ2) is 17.6. The summed E-state index contributed by atoms with van der Waals surface area (Å²) in [6.07, 6.45) is 0. The Labute approximate surface area is 114 Å². The van der Waals surface area contributed by atoms with Gasteiger partial charge in [0.25, 0.3) is 0 Å². The van der Waals surface area contributed by atoms with Crippen molar-refractivity contribution < 1.29 is 14.9 Å². The van der Waals surface area contributed by atoms with Crippen LogP contribution in [-0.2, 0) is 4.74 Å². The van der Waals surface area contributed by atoms with Crippen LogP contribution in [0.5, 0.6) is 0 Å². The summed E-state index contributed by atoms with van der Waals surface area (Å²) >= 11 is 0. The van der Waals surface area contributed by atoms with E-state index in [4.69, 9.17) is 14.9 Å². The highest BCUT2D eigenvalue weighted by atomic mass is 16.5. The van der Waals surface area contributed by atoms with Crippen molar-refractivity contribution in [3.63, 3.8) is 0 Å². The first-order valence-corrected chi connectivity index (χ1v) is 6.58. The molecular weight excluding hydrogens is 252 g/mol. The lowest BCUT2D eigenvalue weighted by atomic mass is 10.6. The number of aliphatic hydroxyl groups excluding tert-OH is 2. The maximum absolute atomic E-state index is 8.51. The Morgan fingerprint density at radius 1 is 0.526 bits per heavy atom. The van der Waals surface area contributed by atoms with Gasteiger partial charge in [-0.3, -0.25) is 32.6 Å². The lowest BCUT2D eigenvalue weighted by Crippen LogP contribution is -2.43. The van der Waals surface area contributed by atoms with E-state index in [1.165, 1.54) is 0 Å². The molecule has 0 aliphatic rings. The first-order chi connectivity index (χ1) is 9.41. The summed E-state index contributed by atoms with van der Waals surface area (Å²) in [5.41, 5.74) is 17.6. The topological polar surface area (TPSA) is 122 Å². The molecule has 0 aromatic carbocycles. The van der Waals surface area contributed by atoms with Crippen LogP contribution in [0.25, 0.3) is 0 Å². The molecule has 0 saturated carbocycles. The Balaban J connectivity index is 2.88. The van der Waals surface area contributed by atoms with Crippen LogP contribution in [0.3, 0.4) is 0 Å². The molecule has 0 heterocycles. The molecule has 0 atom stereocenters. The Hall–Kier alpha value is -0.360. The van der Waals surface area contributed by atoms with Gasteiger partial charge in [-0.25, -0.2) is 0 Å². The molecule has 0 unspecified atom stereocenters. The molecule has 8 N–H and O–H groups in total. The summed E-state index contributed by atoms with van der Waals surface area (Å²) in [6.45, 7) is 5.53. The van der Waals surface area contributed by atoms with Gasteiger partial charge in [-0.05, 0) is 0 Å². The molecule has 0 spiro atoms. The number of hydrogen-bond donors (Lipinski definition) is 8. The van der Waals surface area contributed by atoms with Gasteiger partial charge in [-0.1, -0.05) is 0 Å². The molecule has 0 amide bonds. The quantitative estimate of drug-likeness (QED) is 0.106. The molecule has 0 aliphatic carbocycles. The first-order valence-electron chi connectivity index (χ1n) is 6.58. The Morgan fingerprint density at radius 2 is 0.895 bits per heavy atom. The first kappa shape index (κ1) is 18.6. The molecular formula is C10H28N6O3. The predicted molar refractivity (Wildman–Crippen MR) is 73.0 cm³/mol. The molecule has 0 rings (SSSR count). The zero-order chi connectivity index (χ0) is 14.0. The summed E-state index contributed by atoms with van der Waals surface area (Å²) in [7, 11) is 0. The van der Waals surface area contributed by atoms with E-state index in [2.05, 4.69) is 32.6 Å². The minimum atomic E-state index is 0.119. The van der Waals surface area contributed by atoms with Gasteiger partial charge < -0.3 is 14.9 Å². The molecule has 19 heavy (non-hydrogen) atoms. The summed E-state index contributed by atoms with van der Waals surface area (Å²) in [4.78, 5) is 0. The van der Waals surface area contributed by atoms with E-state index in [1.807, 2.05) is 0 Å². The fraction of sp³-hybridized carbons (Fsp3) is 1.00. The molecule has 0 aliphatic heterocycles. The van der Waals surface area contributed by atoms with E-state index in [1.54, 1.807) is 0 Å². The summed E-state index contributed by atoms with van der Waals surface area (Å²) in [5, 5.41) is 17.0. The van der Waals surface area contributed by atoms with Crippen LogP contribution in [0.4, 0.5) is 0 Å². The van der Waals surface area contributed by atoms with Gasteiger partial charge in [-0.2, -0.15) is 0 Å². The predicted octanol–water partition coefficient (Wildman–Crippen LogP) is -3.73. The van der Waals surface area contributed by atoms with Crippen LogP contribution in [0, 0.1) is 0 Å². The van der Waals surface area contributed by atoms with Gasteiger partial charge in [-0.15, -0.1) is 0 Å². The Morgan fingerprint density at radius 3 is 1.32 bits per heavy atom. The molecule has 0 aromatic heterocycles. The molecule has 0 saturated heterocycles. The Bertz CT molecular complexity index is 150. The van der Waals surface area contributed by atoms with Crippen molar-refractivity contribution in [1.29, 1.82) is 0 Å². The largest absolute Gasteiger partial charge is 0.395 e. The third kappa shape index (κ3) is 17.6. The van der Waals surface area contributed by atoms with Gasteiger partial charge in [0.1, 0.15) is 0 Å². The lowest BCUT2D eigenvalue weighted by Gasteiger charge is -2.09. The SMILES string of the molecule is OCCNNCCNNCCOCCNNCCO. The molecule has 0 bridgehead atoms. The lowest BCUT2D eigenvalue weighted by molar-refractivity contribution is 0.131. The van der Waals surface area contributed by atoms with Gasteiger partial charge in [0.05, 0.1) is 26.4 Å². The van der Waals surface area contributed by atoms with Gasteiger partial charge in [0, 0.05) is 39.3 Å². The van der Waals surface area contributed by atoms with Crippen molar-refractivity contribution in [2.45, 2.75) is 0 Å². The maximum Gasteiger partial charge on any atom is 0.0605 e. The summed E-state index contributed by atoms with van der Waals surface area (Å²) in [5.74, 6) is 0. The zero-order valence-corrected chi connectivity index (χ0v) is 11.4. The van der Waals surface area contributed by atoms with Crippen LogP contribution in [0.1, 0.15) is 0 Å². The number of ether oxygens (including phenoxy) is 1. The smallest absolute Gasteiger partial charge is 0.0605 e. The third-order valence-corrected chi connectivity index (χ3v) is 1.97. The van der Waals surface area contributed by atoms with E-state index in [0.717, 1.165) is 19.6 Å². The second-order valence-electron chi connectivity index (χ2n) is 3.62. The van der Waals surface area contributed by atoms with Crippen LogP contribution in [0.15, 0.2) is 0 Å². The van der Waals surface area contributed by atoms with Crippen LogP contribution in [0.2, 0.25) is 0 Å². The Kier molecular flexibility index (Phi) is 17.3. The van der Waals surface area contributed by atoms with Gasteiger partial charge in [0.2, 0.25) is 0 Å². The van der Waals surface area contributed by atoms with Crippen molar-refractivity contribution >= 4 is 0 Å².